The summed E-state index contributed by atoms with van der Waals surface area (Å²) in [7, 11) is 3.31. The average molecular weight is 343 g/mol. The number of nitriles is 1. The van der Waals surface area contributed by atoms with Gasteiger partial charge in [-0.25, -0.2) is 0 Å². The van der Waals surface area contributed by atoms with Crippen LogP contribution in [0.1, 0.15) is 31.2 Å². The second-order valence-corrected chi connectivity index (χ2v) is 6.89. The van der Waals surface area contributed by atoms with Crippen molar-refractivity contribution in [1.82, 2.24) is 5.32 Å². The van der Waals surface area contributed by atoms with Gasteiger partial charge in [0.25, 0.3) is 0 Å². The van der Waals surface area contributed by atoms with E-state index in [-0.39, 0.29) is 11.8 Å². The van der Waals surface area contributed by atoms with E-state index in [1.165, 1.54) is 0 Å². The lowest BCUT2D eigenvalue weighted by atomic mass is 9.74. The van der Waals surface area contributed by atoms with Gasteiger partial charge in [0.15, 0.2) is 0 Å². The van der Waals surface area contributed by atoms with E-state index in [9.17, 15) is 4.79 Å². The predicted molar refractivity (Wildman–Crippen MR) is 94.4 cm³/mol. The quantitative estimate of drug-likeness (QED) is 0.857. The largest absolute Gasteiger partial charge is 0.495 e. The van der Waals surface area contributed by atoms with Crippen LogP contribution in [0, 0.1) is 23.2 Å². The van der Waals surface area contributed by atoms with E-state index < -0.39 is 0 Å². The molecule has 0 bridgehead atoms. The molecule has 1 aliphatic carbocycles. The highest BCUT2D eigenvalue weighted by Crippen LogP contribution is 2.34. The second-order valence-electron chi connectivity index (χ2n) is 6.89. The summed E-state index contributed by atoms with van der Waals surface area (Å²) in [5.41, 5.74) is 1.35. The Morgan fingerprint density at radius 1 is 1.32 bits per heavy atom. The van der Waals surface area contributed by atoms with Crippen LogP contribution in [0.5, 0.6) is 5.75 Å². The molecule has 134 valence electrons. The van der Waals surface area contributed by atoms with E-state index in [1.807, 2.05) is 6.07 Å². The molecule has 0 aromatic heterocycles. The number of hydrogen-bond acceptors (Lipinski definition) is 5. The van der Waals surface area contributed by atoms with Crippen LogP contribution in [0.3, 0.4) is 0 Å². The molecular formula is C19H25N3O3. The average Bonchev–Trinajstić information content (AvgIpc) is 2.65. The molecule has 1 aliphatic heterocycles. The molecule has 2 aliphatic rings. The van der Waals surface area contributed by atoms with E-state index in [4.69, 9.17) is 14.7 Å². The van der Waals surface area contributed by atoms with Gasteiger partial charge in [-0.1, -0.05) is 0 Å². The lowest BCUT2D eigenvalue weighted by Gasteiger charge is -2.41. The van der Waals surface area contributed by atoms with Crippen LogP contribution in [0.15, 0.2) is 18.2 Å². The van der Waals surface area contributed by atoms with Gasteiger partial charge in [-0.05, 0) is 43.7 Å². The second kappa shape index (κ2) is 7.75. The monoisotopic (exact) mass is 343 g/mol. The molecule has 1 saturated heterocycles. The molecule has 1 saturated carbocycles. The summed E-state index contributed by atoms with van der Waals surface area (Å²) in [6, 6.07) is 7.75. The fourth-order valence-electron chi connectivity index (χ4n) is 3.97. The molecule has 4 atom stereocenters. The van der Waals surface area contributed by atoms with Gasteiger partial charge in [0.1, 0.15) is 11.8 Å². The topological polar surface area (TPSA) is 83.4 Å². The number of benzene rings is 1. The SMILES string of the molecule is COc1cc(NCC2CC3CC(OC)CCC3NC2=O)ccc1C#N. The summed E-state index contributed by atoms with van der Waals surface area (Å²) in [5.74, 6) is 1.10. The van der Waals surface area contributed by atoms with Gasteiger partial charge in [0, 0.05) is 31.5 Å². The maximum atomic E-state index is 12.4. The number of ether oxygens (including phenoxy) is 2. The summed E-state index contributed by atoms with van der Waals surface area (Å²) in [6.07, 6.45) is 4.24. The number of amides is 1. The van der Waals surface area contributed by atoms with Crippen molar-refractivity contribution in [2.75, 3.05) is 26.1 Å². The zero-order valence-electron chi connectivity index (χ0n) is 14.7. The van der Waals surface area contributed by atoms with Crippen molar-refractivity contribution in [3.05, 3.63) is 23.8 Å². The Labute approximate surface area is 148 Å². The Hall–Kier alpha value is -2.26. The normalized spacial score (nSPS) is 28.4. The fraction of sp³-hybridized carbons (Fsp3) is 0.579. The minimum absolute atomic E-state index is 0.0569. The first-order valence-corrected chi connectivity index (χ1v) is 8.79. The first kappa shape index (κ1) is 17.6. The molecule has 1 aromatic rings. The molecule has 25 heavy (non-hydrogen) atoms. The molecule has 4 unspecified atom stereocenters. The molecule has 1 heterocycles. The van der Waals surface area contributed by atoms with Crippen LogP contribution >= 0.6 is 0 Å². The predicted octanol–water partition coefficient (Wildman–Crippen LogP) is 2.30. The number of rotatable bonds is 5. The highest BCUT2D eigenvalue weighted by atomic mass is 16.5. The van der Waals surface area contributed by atoms with Gasteiger partial charge in [-0.2, -0.15) is 5.26 Å². The van der Waals surface area contributed by atoms with Gasteiger partial charge in [0.05, 0.1) is 24.7 Å². The Bertz CT molecular complexity index is 670. The maximum absolute atomic E-state index is 12.4. The number of fused-ring (bicyclic) bond motifs is 1. The van der Waals surface area contributed by atoms with Gasteiger partial charge < -0.3 is 20.1 Å². The zero-order valence-corrected chi connectivity index (χ0v) is 14.7. The van der Waals surface area contributed by atoms with E-state index in [0.717, 1.165) is 31.4 Å². The van der Waals surface area contributed by atoms with Crippen LogP contribution in [-0.4, -0.2) is 38.8 Å². The van der Waals surface area contributed by atoms with Crippen LogP contribution in [0.2, 0.25) is 0 Å². The highest BCUT2D eigenvalue weighted by Gasteiger charge is 2.39. The van der Waals surface area contributed by atoms with Gasteiger partial charge in [-0.3, -0.25) is 4.79 Å². The number of carbonyl (C=O) groups is 1. The maximum Gasteiger partial charge on any atom is 0.225 e. The number of nitrogens with zero attached hydrogens (tertiary/aromatic N) is 1. The molecule has 6 heteroatoms. The van der Waals surface area contributed by atoms with Gasteiger partial charge >= 0.3 is 0 Å². The molecule has 2 N–H and O–H groups in total. The van der Waals surface area contributed by atoms with Crippen LogP contribution in [0.25, 0.3) is 0 Å². The lowest BCUT2D eigenvalue weighted by molar-refractivity contribution is -0.130. The standard InChI is InChI=1S/C19H25N3O3/c1-24-16-5-6-17-13(8-16)7-14(19(23)22-17)11-21-15-4-3-12(10-20)18(9-15)25-2/h3-4,9,13-14,16-17,21H,5-8,11H2,1-2H3,(H,22,23). The minimum Gasteiger partial charge on any atom is -0.495 e. The number of anilines is 1. The van der Waals surface area contributed by atoms with Crippen LogP contribution in [0.4, 0.5) is 5.69 Å². The summed E-state index contributed by atoms with van der Waals surface area (Å²) >= 11 is 0. The van der Waals surface area contributed by atoms with Gasteiger partial charge in [-0.15, -0.1) is 0 Å². The van der Waals surface area contributed by atoms with E-state index >= 15 is 0 Å². The lowest BCUT2D eigenvalue weighted by Crippen LogP contribution is -2.53. The number of hydrogen-bond donors (Lipinski definition) is 2. The third-order valence-corrected chi connectivity index (χ3v) is 5.43. The summed E-state index contributed by atoms with van der Waals surface area (Å²) in [6.45, 7) is 0.571. The number of methoxy groups -OCH3 is 2. The van der Waals surface area contributed by atoms with E-state index in [2.05, 4.69) is 16.7 Å². The zero-order chi connectivity index (χ0) is 17.8. The smallest absolute Gasteiger partial charge is 0.225 e. The number of nitrogens with one attached hydrogen (secondary N) is 2. The number of carbonyl (C=O) groups excluding carboxylic acids is 1. The molecule has 2 fully saturated rings. The van der Waals surface area contributed by atoms with Crippen molar-refractivity contribution in [3.63, 3.8) is 0 Å². The molecule has 0 radical (unpaired) electrons. The Kier molecular flexibility index (Phi) is 5.44. The van der Waals surface area contributed by atoms with Crippen LogP contribution in [-0.2, 0) is 9.53 Å². The molecule has 6 nitrogen and oxygen atoms in total. The Morgan fingerprint density at radius 2 is 2.16 bits per heavy atom. The molecule has 1 aromatic carbocycles. The van der Waals surface area contributed by atoms with Crippen LogP contribution < -0.4 is 15.4 Å². The third-order valence-electron chi connectivity index (χ3n) is 5.43. The van der Waals surface area contributed by atoms with E-state index in [0.29, 0.717) is 35.9 Å². The first-order valence-electron chi connectivity index (χ1n) is 8.79. The minimum atomic E-state index is -0.0569. The van der Waals surface area contributed by atoms with Crippen molar-refractivity contribution in [1.29, 1.82) is 5.26 Å². The third kappa shape index (κ3) is 3.88. The Morgan fingerprint density at radius 3 is 2.88 bits per heavy atom. The molecular weight excluding hydrogens is 318 g/mol. The fourth-order valence-corrected chi connectivity index (χ4v) is 3.97. The van der Waals surface area contributed by atoms with Gasteiger partial charge in [0.2, 0.25) is 5.91 Å². The summed E-state index contributed by atoms with van der Waals surface area (Å²) < 4.78 is 10.7. The van der Waals surface area contributed by atoms with Crippen molar-refractivity contribution in [2.24, 2.45) is 11.8 Å². The number of piperidine rings is 1. The first-order chi connectivity index (χ1) is 12.1. The van der Waals surface area contributed by atoms with Crippen molar-refractivity contribution >= 4 is 11.6 Å². The summed E-state index contributed by atoms with van der Waals surface area (Å²) in [5, 5.41) is 15.5. The Balaban J connectivity index is 1.61. The van der Waals surface area contributed by atoms with Crippen molar-refractivity contribution in [2.45, 2.75) is 37.8 Å². The van der Waals surface area contributed by atoms with Crippen molar-refractivity contribution in [3.8, 4) is 11.8 Å². The molecule has 1 amide bonds. The highest BCUT2D eigenvalue weighted by molar-refractivity contribution is 5.80. The molecule has 0 spiro atoms. The summed E-state index contributed by atoms with van der Waals surface area (Å²) in [4.78, 5) is 12.4. The molecule has 3 rings (SSSR count). The van der Waals surface area contributed by atoms with Crippen molar-refractivity contribution < 1.29 is 14.3 Å². The van der Waals surface area contributed by atoms with E-state index in [1.54, 1.807) is 26.4 Å².